The maximum Gasteiger partial charge on any atom is 0.166 e. The minimum absolute atomic E-state index is 0.847. The molecule has 5 aromatic carbocycles. The van der Waals surface area contributed by atoms with Gasteiger partial charge in [-0.2, -0.15) is 0 Å². The van der Waals surface area contributed by atoms with Crippen molar-refractivity contribution < 1.29 is 0 Å². The van der Waals surface area contributed by atoms with Gasteiger partial charge in [-0.3, -0.25) is 13.7 Å². The Bertz CT molecular complexity index is 2670. The first kappa shape index (κ1) is 31.8. The van der Waals surface area contributed by atoms with E-state index < -0.39 is 0 Å². The summed E-state index contributed by atoms with van der Waals surface area (Å²) in [6.45, 7) is 15.5. The van der Waals surface area contributed by atoms with Crippen LogP contribution in [0.5, 0.6) is 0 Å². The number of benzene rings is 5. The lowest BCUT2D eigenvalue weighted by Crippen LogP contribution is -2.16. The maximum absolute atomic E-state index is 5.72. The fraction of sp³-hybridized carbons (Fsp3) is 0.149. The number of rotatable bonds is 5. The highest BCUT2D eigenvalue weighted by Gasteiger charge is 2.32. The van der Waals surface area contributed by atoms with Gasteiger partial charge in [0.15, 0.2) is 11.6 Å². The van der Waals surface area contributed by atoms with Gasteiger partial charge in [0.1, 0.15) is 11.3 Å². The second-order valence-electron chi connectivity index (χ2n) is 14.2. The van der Waals surface area contributed by atoms with Crippen molar-refractivity contribution in [3.63, 3.8) is 0 Å². The minimum atomic E-state index is 0.847. The molecule has 0 atom stereocenters. The van der Waals surface area contributed by atoms with Crippen LogP contribution in [0.25, 0.3) is 55.4 Å². The summed E-state index contributed by atoms with van der Waals surface area (Å²) >= 11 is 0. The molecule has 0 unspecified atom stereocenters. The summed E-state index contributed by atoms with van der Waals surface area (Å²) in [5, 5.41) is 4.69. The Morgan fingerprint density at radius 2 is 0.808 bits per heavy atom. The maximum atomic E-state index is 5.72. The van der Waals surface area contributed by atoms with Gasteiger partial charge in [-0.1, -0.05) is 127 Å². The lowest BCUT2D eigenvalue weighted by Gasteiger charge is -2.27. The van der Waals surface area contributed by atoms with Gasteiger partial charge in [0.05, 0.1) is 17.1 Å². The zero-order chi connectivity index (χ0) is 35.8. The van der Waals surface area contributed by atoms with E-state index in [9.17, 15) is 0 Å². The first-order valence-corrected chi connectivity index (χ1v) is 18.0. The number of hydrogen-bond acceptors (Lipinski definition) is 3. The van der Waals surface area contributed by atoms with Gasteiger partial charge in [-0.15, -0.1) is 0 Å². The van der Waals surface area contributed by atoms with Crippen LogP contribution in [-0.4, -0.2) is 18.8 Å². The first-order chi connectivity index (χ1) is 25.2. The summed E-state index contributed by atoms with van der Waals surface area (Å²) < 4.78 is 4.74. The van der Waals surface area contributed by atoms with Crippen LogP contribution in [0.4, 0.5) is 17.3 Å². The van der Waals surface area contributed by atoms with E-state index in [2.05, 4.69) is 183 Å². The van der Waals surface area contributed by atoms with Crippen molar-refractivity contribution in [2.75, 3.05) is 4.90 Å². The average molecular weight is 676 g/mol. The van der Waals surface area contributed by atoms with E-state index in [0.29, 0.717) is 0 Å². The highest BCUT2D eigenvalue weighted by atomic mass is 15.3. The molecule has 0 saturated carbocycles. The largest absolute Gasteiger partial charge is 0.294 e. The summed E-state index contributed by atoms with van der Waals surface area (Å²) in [6, 6.07) is 43.3. The highest BCUT2D eigenvalue weighted by molar-refractivity contribution is 6.03. The van der Waals surface area contributed by atoms with E-state index >= 15 is 0 Å². The molecule has 0 saturated heterocycles. The lowest BCUT2D eigenvalue weighted by atomic mass is 10.0. The number of nitrogens with zero attached hydrogens (tertiary/aromatic N) is 5. The number of imidazole rings is 2. The number of fused-ring (bicyclic) bond motifs is 6. The van der Waals surface area contributed by atoms with Crippen LogP contribution in [0, 0.1) is 48.5 Å². The fourth-order valence-electron chi connectivity index (χ4n) is 8.43. The van der Waals surface area contributed by atoms with Gasteiger partial charge < -0.3 is 0 Å². The predicted octanol–water partition coefficient (Wildman–Crippen LogP) is 12.3. The van der Waals surface area contributed by atoms with Gasteiger partial charge in [-0.05, 0) is 81.5 Å². The second kappa shape index (κ2) is 12.0. The molecule has 52 heavy (non-hydrogen) atoms. The first-order valence-electron chi connectivity index (χ1n) is 18.0. The Labute approximate surface area is 304 Å². The van der Waals surface area contributed by atoms with Gasteiger partial charge in [-0.25, -0.2) is 9.97 Å². The highest BCUT2D eigenvalue weighted by Crippen LogP contribution is 2.48. The van der Waals surface area contributed by atoms with Crippen LogP contribution in [0.2, 0.25) is 0 Å². The Hall–Kier alpha value is -6.20. The normalized spacial score (nSPS) is 11.8. The lowest BCUT2D eigenvalue weighted by molar-refractivity contribution is 1.08. The van der Waals surface area contributed by atoms with E-state index in [-0.39, 0.29) is 0 Å². The Morgan fingerprint density at radius 3 is 1.21 bits per heavy atom. The van der Waals surface area contributed by atoms with E-state index in [4.69, 9.17) is 9.97 Å². The fourth-order valence-corrected chi connectivity index (χ4v) is 8.43. The third-order valence-corrected chi connectivity index (χ3v) is 11.0. The average Bonchev–Trinajstić information content (AvgIpc) is 3.75. The molecule has 9 rings (SSSR count). The summed E-state index contributed by atoms with van der Waals surface area (Å²) in [4.78, 5) is 13.8. The standard InChI is InChI=1S/C47H41N5/c1-28-26-29(2)41(30(3)27-28)52(46-42(35-18-10-8-11-19-35)50-33(6)31(4)37-22-14-16-24-39(37)44(50)48-46)47-43(36-20-12-9-13-21-36)51-34(7)32(5)38-23-15-17-25-40(38)45(51)49-47/h8-27H,1-7H3. The molecule has 0 fully saturated rings. The molecule has 254 valence electrons. The summed E-state index contributed by atoms with van der Waals surface area (Å²) in [5.41, 5.74) is 15.6. The molecule has 5 heteroatoms. The number of aryl methyl sites for hydroxylation is 7. The molecule has 5 nitrogen and oxygen atoms in total. The zero-order valence-corrected chi connectivity index (χ0v) is 30.8. The third kappa shape index (κ3) is 4.62. The molecule has 0 amide bonds. The van der Waals surface area contributed by atoms with Crippen LogP contribution in [0.3, 0.4) is 0 Å². The van der Waals surface area contributed by atoms with Gasteiger partial charge >= 0.3 is 0 Å². The van der Waals surface area contributed by atoms with Crippen molar-refractivity contribution in [1.82, 2.24) is 18.8 Å². The number of anilines is 3. The monoisotopic (exact) mass is 675 g/mol. The van der Waals surface area contributed by atoms with E-state index in [0.717, 1.165) is 61.9 Å². The van der Waals surface area contributed by atoms with Crippen molar-refractivity contribution >= 4 is 50.2 Å². The van der Waals surface area contributed by atoms with Gasteiger partial charge in [0.25, 0.3) is 0 Å². The number of aromatic nitrogens is 4. The molecule has 9 aromatic rings. The quantitative estimate of drug-likeness (QED) is 0.182. The van der Waals surface area contributed by atoms with E-state index in [1.807, 2.05) is 0 Å². The number of pyridine rings is 2. The summed E-state index contributed by atoms with van der Waals surface area (Å²) in [7, 11) is 0. The van der Waals surface area contributed by atoms with Gasteiger partial charge in [0.2, 0.25) is 0 Å². The minimum Gasteiger partial charge on any atom is -0.294 e. The third-order valence-electron chi connectivity index (χ3n) is 11.0. The summed E-state index contributed by atoms with van der Waals surface area (Å²) in [5.74, 6) is 1.69. The zero-order valence-electron chi connectivity index (χ0n) is 30.8. The second-order valence-corrected chi connectivity index (χ2v) is 14.2. The van der Waals surface area contributed by atoms with Crippen LogP contribution in [0.1, 0.15) is 39.2 Å². The number of hydrogen-bond donors (Lipinski definition) is 0. The molecule has 4 aromatic heterocycles. The smallest absolute Gasteiger partial charge is 0.166 e. The van der Waals surface area contributed by atoms with Crippen LogP contribution in [-0.2, 0) is 0 Å². The van der Waals surface area contributed by atoms with E-state index in [1.165, 1.54) is 50.0 Å². The molecular formula is C47H41N5. The van der Waals surface area contributed by atoms with Crippen molar-refractivity contribution in [2.45, 2.75) is 48.5 Å². The molecule has 0 bridgehead atoms. The van der Waals surface area contributed by atoms with Crippen LogP contribution >= 0.6 is 0 Å². The topological polar surface area (TPSA) is 37.8 Å². The molecular weight excluding hydrogens is 635 g/mol. The molecule has 0 N–H and O–H groups in total. The molecule has 0 aliphatic carbocycles. The van der Waals surface area contributed by atoms with Crippen molar-refractivity contribution in [3.8, 4) is 22.5 Å². The SMILES string of the molecule is Cc1cc(C)c(N(c2nc3c4ccccc4c(C)c(C)n3c2-c2ccccc2)c2nc3c4ccccc4c(C)c(C)n3c2-c2ccccc2)c(C)c1. The van der Waals surface area contributed by atoms with Crippen molar-refractivity contribution in [1.29, 1.82) is 0 Å². The predicted molar refractivity (Wildman–Crippen MR) is 218 cm³/mol. The molecule has 4 heterocycles. The molecule has 0 aliphatic heterocycles. The van der Waals surface area contributed by atoms with Gasteiger partial charge in [0, 0.05) is 33.3 Å². The van der Waals surface area contributed by atoms with Crippen LogP contribution < -0.4 is 4.90 Å². The Morgan fingerprint density at radius 1 is 0.442 bits per heavy atom. The Balaban J connectivity index is 1.53. The van der Waals surface area contributed by atoms with Crippen molar-refractivity contribution in [3.05, 3.63) is 161 Å². The molecule has 0 radical (unpaired) electrons. The Kier molecular flexibility index (Phi) is 7.30. The summed E-state index contributed by atoms with van der Waals surface area (Å²) in [6.07, 6.45) is 0. The molecule has 0 aliphatic rings. The van der Waals surface area contributed by atoms with Crippen LogP contribution in [0.15, 0.2) is 121 Å². The molecule has 0 spiro atoms. The van der Waals surface area contributed by atoms with Crippen molar-refractivity contribution in [2.24, 2.45) is 0 Å². The van der Waals surface area contributed by atoms with E-state index in [1.54, 1.807) is 0 Å².